The average molecular weight is 379 g/mol. The van der Waals surface area contributed by atoms with Gasteiger partial charge in [-0.25, -0.2) is 0 Å². The number of aromatic hydroxyl groups is 1. The molecule has 1 unspecified atom stereocenters. The van der Waals surface area contributed by atoms with Crippen molar-refractivity contribution in [2.45, 2.75) is 37.5 Å². The molecular formula is C22H25N3O3. The fourth-order valence-corrected chi connectivity index (χ4v) is 4.57. The van der Waals surface area contributed by atoms with Gasteiger partial charge in [0, 0.05) is 48.3 Å². The summed E-state index contributed by atoms with van der Waals surface area (Å²) >= 11 is 0. The van der Waals surface area contributed by atoms with Gasteiger partial charge in [0.15, 0.2) is 5.65 Å². The molecule has 1 aromatic carbocycles. The highest BCUT2D eigenvalue weighted by atomic mass is 16.5. The third-order valence-corrected chi connectivity index (χ3v) is 6.01. The molecule has 2 fully saturated rings. The SMILES string of the molecule is Oc1ccccc1-c1cc2c(C3CCCOC3)c(C3CCOCC3)[nH]c2nn1. The lowest BCUT2D eigenvalue weighted by atomic mass is 9.85. The minimum absolute atomic E-state index is 0.221. The number of nitrogens with one attached hydrogen (secondary N) is 1. The molecule has 0 bridgehead atoms. The van der Waals surface area contributed by atoms with E-state index >= 15 is 0 Å². The van der Waals surface area contributed by atoms with Gasteiger partial charge in [-0.15, -0.1) is 10.2 Å². The molecule has 3 aromatic rings. The summed E-state index contributed by atoms with van der Waals surface area (Å²) in [5, 5.41) is 20.2. The first-order valence-electron chi connectivity index (χ1n) is 10.1. The Kier molecular flexibility index (Phi) is 4.74. The molecule has 0 aliphatic carbocycles. The number of benzene rings is 1. The lowest BCUT2D eigenvalue weighted by Crippen LogP contribution is -2.20. The number of ether oxygens (including phenoxy) is 2. The van der Waals surface area contributed by atoms with Gasteiger partial charge in [0.05, 0.1) is 12.3 Å². The number of H-pyrrole nitrogens is 1. The zero-order valence-corrected chi connectivity index (χ0v) is 15.9. The van der Waals surface area contributed by atoms with Crippen LogP contribution in [0.3, 0.4) is 0 Å². The van der Waals surface area contributed by atoms with Crippen LogP contribution in [0.4, 0.5) is 0 Å². The molecule has 6 nitrogen and oxygen atoms in total. The summed E-state index contributed by atoms with van der Waals surface area (Å²) in [6.07, 6.45) is 4.24. The number of hydrogen-bond acceptors (Lipinski definition) is 5. The van der Waals surface area contributed by atoms with Crippen molar-refractivity contribution in [1.29, 1.82) is 0 Å². The molecule has 0 saturated carbocycles. The van der Waals surface area contributed by atoms with E-state index in [-0.39, 0.29) is 5.75 Å². The topological polar surface area (TPSA) is 80.3 Å². The normalized spacial score (nSPS) is 21.2. The fraction of sp³-hybridized carbons (Fsp3) is 0.455. The molecule has 6 heteroatoms. The maximum Gasteiger partial charge on any atom is 0.160 e. The first kappa shape index (κ1) is 17.6. The van der Waals surface area contributed by atoms with Crippen LogP contribution in [0.2, 0.25) is 0 Å². The van der Waals surface area contributed by atoms with E-state index < -0.39 is 0 Å². The standard InChI is InChI=1S/C22H25N3O3/c26-19-6-2-1-5-16(19)18-12-17-20(15-4-3-9-28-13-15)21(23-22(17)25-24-18)14-7-10-27-11-8-14/h1-2,5-6,12,14-15,26H,3-4,7-11,13H2,(H,23,25). The van der Waals surface area contributed by atoms with Crippen LogP contribution in [0.25, 0.3) is 22.3 Å². The summed E-state index contributed by atoms with van der Waals surface area (Å²) in [5.41, 5.74) is 4.82. The van der Waals surface area contributed by atoms with Crippen molar-refractivity contribution in [1.82, 2.24) is 15.2 Å². The zero-order chi connectivity index (χ0) is 18.9. The number of aromatic nitrogens is 3. The Morgan fingerprint density at radius 1 is 0.964 bits per heavy atom. The first-order chi connectivity index (χ1) is 13.8. The largest absolute Gasteiger partial charge is 0.507 e. The molecule has 1 atom stereocenters. The van der Waals surface area contributed by atoms with Crippen LogP contribution in [0.1, 0.15) is 48.8 Å². The summed E-state index contributed by atoms with van der Waals surface area (Å²) in [6.45, 7) is 3.19. The number of nitrogens with zero attached hydrogens (tertiary/aromatic N) is 2. The average Bonchev–Trinajstić information content (AvgIpc) is 3.14. The summed E-state index contributed by atoms with van der Waals surface area (Å²) in [4.78, 5) is 3.58. The predicted octanol–water partition coefficient (Wildman–Crippen LogP) is 4.12. The van der Waals surface area contributed by atoms with Crippen molar-refractivity contribution < 1.29 is 14.6 Å². The molecule has 0 spiro atoms. The quantitative estimate of drug-likeness (QED) is 0.716. The number of phenols is 1. The van der Waals surface area contributed by atoms with Gasteiger partial charge < -0.3 is 19.6 Å². The Hall–Kier alpha value is -2.44. The lowest BCUT2D eigenvalue weighted by molar-refractivity contribution is 0.0770. The molecule has 5 rings (SSSR count). The van der Waals surface area contributed by atoms with Crippen molar-refractivity contribution >= 4 is 11.0 Å². The van der Waals surface area contributed by atoms with Gasteiger partial charge in [-0.3, -0.25) is 0 Å². The Morgan fingerprint density at radius 2 is 1.82 bits per heavy atom. The molecule has 2 aliphatic rings. The number of hydrogen-bond donors (Lipinski definition) is 2. The Balaban J connectivity index is 1.65. The molecule has 2 aromatic heterocycles. The molecular weight excluding hydrogens is 354 g/mol. The van der Waals surface area contributed by atoms with E-state index in [1.807, 2.05) is 18.2 Å². The van der Waals surface area contributed by atoms with E-state index in [2.05, 4.69) is 21.2 Å². The molecule has 2 aliphatic heterocycles. The number of phenolic OH excluding ortho intramolecular Hbond substituents is 1. The van der Waals surface area contributed by atoms with Gasteiger partial charge in [-0.05, 0) is 49.4 Å². The van der Waals surface area contributed by atoms with Crippen LogP contribution in [-0.4, -0.2) is 46.7 Å². The van der Waals surface area contributed by atoms with Gasteiger partial charge in [0.25, 0.3) is 0 Å². The summed E-state index contributed by atoms with van der Waals surface area (Å²) in [5.74, 6) is 1.04. The van der Waals surface area contributed by atoms with Crippen molar-refractivity contribution in [2.24, 2.45) is 0 Å². The van der Waals surface area contributed by atoms with E-state index in [4.69, 9.17) is 9.47 Å². The van der Waals surface area contributed by atoms with Crippen LogP contribution >= 0.6 is 0 Å². The number of para-hydroxylation sites is 1. The van der Waals surface area contributed by atoms with Crippen molar-refractivity contribution in [3.05, 3.63) is 41.6 Å². The molecule has 28 heavy (non-hydrogen) atoms. The van der Waals surface area contributed by atoms with Gasteiger partial charge in [0.1, 0.15) is 5.75 Å². The maximum atomic E-state index is 10.3. The number of fused-ring (bicyclic) bond motifs is 1. The Bertz CT molecular complexity index is 972. The summed E-state index contributed by atoms with van der Waals surface area (Å²) in [6, 6.07) is 9.35. The molecule has 0 radical (unpaired) electrons. The molecule has 146 valence electrons. The molecule has 2 N–H and O–H groups in total. The van der Waals surface area contributed by atoms with Crippen molar-refractivity contribution in [3.63, 3.8) is 0 Å². The first-order valence-corrected chi connectivity index (χ1v) is 10.1. The van der Waals surface area contributed by atoms with Crippen LogP contribution in [0.5, 0.6) is 5.75 Å². The molecule has 0 amide bonds. The zero-order valence-electron chi connectivity index (χ0n) is 15.9. The van der Waals surface area contributed by atoms with E-state index in [0.29, 0.717) is 23.1 Å². The second-order valence-corrected chi connectivity index (χ2v) is 7.76. The van der Waals surface area contributed by atoms with E-state index in [1.165, 1.54) is 11.3 Å². The maximum absolute atomic E-state index is 10.3. The van der Waals surface area contributed by atoms with Gasteiger partial charge >= 0.3 is 0 Å². The number of rotatable bonds is 3. The smallest absolute Gasteiger partial charge is 0.160 e. The minimum Gasteiger partial charge on any atom is -0.507 e. The second kappa shape index (κ2) is 7.53. The molecule has 2 saturated heterocycles. The summed E-state index contributed by atoms with van der Waals surface area (Å²) < 4.78 is 11.4. The minimum atomic E-state index is 0.221. The highest BCUT2D eigenvalue weighted by Gasteiger charge is 2.29. The van der Waals surface area contributed by atoms with Crippen LogP contribution < -0.4 is 0 Å². The van der Waals surface area contributed by atoms with Crippen LogP contribution in [0.15, 0.2) is 30.3 Å². The third kappa shape index (κ3) is 3.16. The van der Waals surface area contributed by atoms with Gasteiger partial charge in [0.2, 0.25) is 0 Å². The second-order valence-electron chi connectivity index (χ2n) is 7.76. The van der Waals surface area contributed by atoms with E-state index in [1.54, 1.807) is 6.07 Å². The van der Waals surface area contributed by atoms with Crippen molar-refractivity contribution in [2.75, 3.05) is 26.4 Å². The van der Waals surface area contributed by atoms with E-state index in [9.17, 15) is 5.11 Å². The number of aromatic amines is 1. The van der Waals surface area contributed by atoms with Crippen LogP contribution in [0, 0.1) is 0 Å². The highest BCUT2D eigenvalue weighted by molar-refractivity contribution is 5.86. The van der Waals surface area contributed by atoms with E-state index in [0.717, 1.165) is 63.1 Å². The molecule has 4 heterocycles. The predicted molar refractivity (Wildman–Crippen MR) is 107 cm³/mol. The lowest BCUT2D eigenvalue weighted by Gasteiger charge is -2.27. The monoisotopic (exact) mass is 379 g/mol. The van der Waals surface area contributed by atoms with Crippen LogP contribution in [-0.2, 0) is 9.47 Å². The summed E-state index contributed by atoms with van der Waals surface area (Å²) in [7, 11) is 0. The highest BCUT2D eigenvalue weighted by Crippen LogP contribution is 2.40. The fourth-order valence-electron chi connectivity index (χ4n) is 4.57. The van der Waals surface area contributed by atoms with Crippen molar-refractivity contribution in [3.8, 4) is 17.0 Å². The van der Waals surface area contributed by atoms with Gasteiger partial charge in [-0.1, -0.05) is 12.1 Å². The third-order valence-electron chi connectivity index (χ3n) is 6.01. The van der Waals surface area contributed by atoms with Gasteiger partial charge in [-0.2, -0.15) is 0 Å². The Morgan fingerprint density at radius 3 is 2.61 bits per heavy atom. The Labute approximate surface area is 163 Å².